The summed E-state index contributed by atoms with van der Waals surface area (Å²) in [6.45, 7) is 0. The first kappa shape index (κ1) is 6.64. The molecule has 1 heteroatoms. The van der Waals surface area contributed by atoms with Gasteiger partial charge in [0, 0.05) is 11.6 Å². The molecule has 1 aromatic rings. The molecule has 2 unspecified atom stereocenters. The van der Waals surface area contributed by atoms with Crippen molar-refractivity contribution in [2.75, 3.05) is 0 Å². The van der Waals surface area contributed by atoms with E-state index in [1.165, 1.54) is 31.2 Å². The van der Waals surface area contributed by atoms with Gasteiger partial charge in [-0.1, -0.05) is 12.5 Å². The third-order valence-electron chi connectivity index (χ3n) is 3.55. The van der Waals surface area contributed by atoms with Crippen LogP contribution in [-0.2, 0) is 5.41 Å². The van der Waals surface area contributed by atoms with Crippen molar-refractivity contribution in [2.24, 2.45) is 5.92 Å². The van der Waals surface area contributed by atoms with E-state index in [0.29, 0.717) is 5.41 Å². The molecule has 12 heavy (non-hydrogen) atoms. The summed E-state index contributed by atoms with van der Waals surface area (Å²) in [4.78, 5) is 4.08. The molecule has 1 nitrogen and oxygen atoms in total. The fourth-order valence-electron chi connectivity index (χ4n) is 2.80. The Kier molecular flexibility index (Phi) is 1.16. The van der Waals surface area contributed by atoms with Crippen molar-refractivity contribution in [3.8, 4) is 0 Å². The van der Waals surface area contributed by atoms with E-state index in [4.69, 9.17) is 0 Å². The molecule has 3 rings (SSSR count). The minimum Gasteiger partial charge on any atom is -0.254 e. The summed E-state index contributed by atoms with van der Waals surface area (Å²) in [6, 6.07) is 4.23. The second kappa shape index (κ2) is 2.09. The van der Waals surface area contributed by atoms with Crippen LogP contribution in [0.25, 0.3) is 0 Å². The third kappa shape index (κ3) is 0.715. The van der Waals surface area contributed by atoms with Gasteiger partial charge in [-0.3, -0.25) is 4.98 Å². The van der Waals surface area contributed by atoms with Crippen LogP contribution in [0.1, 0.15) is 31.2 Å². The topological polar surface area (TPSA) is 12.9 Å². The van der Waals surface area contributed by atoms with E-state index in [1.807, 2.05) is 12.3 Å². The molecule has 0 aromatic carbocycles. The number of hydrogen-bond acceptors (Lipinski definition) is 1. The van der Waals surface area contributed by atoms with Gasteiger partial charge in [0.25, 0.3) is 0 Å². The van der Waals surface area contributed by atoms with Crippen LogP contribution in [0.5, 0.6) is 0 Å². The number of hydrogen-bond donors (Lipinski definition) is 0. The second-order valence-electron chi connectivity index (χ2n) is 4.11. The number of fused-ring (bicyclic) bond motifs is 1. The molecular formula is C11H12N. The molecule has 2 saturated carbocycles. The highest BCUT2D eigenvalue weighted by atomic mass is 14.7. The number of nitrogens with zero attached hydrogens (tertiary/aromatic N) is 1. The van der Waals surface area contributed by atoms with Gasteiger partial charge in [-0.25, -0.2) is 0 Å². The smallest absolute Gasteiger partial charge is 0.0926 e. The largest absolute Gasteiger partial charge is 0.254 e. The Balaban J connectivity index is 2.00. The van der Waals surface area contributed by atoms with Gasteiger partial charge in [0.1, 0.15) is 0 Å². The van der Waals surface area contributed by atoms with E-state index >= 15 is 0 Å². The molecule has 2 atom stereocenters. The third-order valence-corrected chi connectivity index (χ3v) is 3.55. The zero-order valence-corrected chi connectivity index (χ0v) is 7.09. The lowest BCUT2D eigenvalue weighted by molar-refractivity contribution is 0.653. The normalized spacial score (nSPS) is 37.8. The van der Waals surface area contributed by atoms with Crippen LogP contribution in [0.4, 0.5) is 0 Å². The van der Waals surface area contributed by atoms with E-state index in [1.54, 1.807) is 0 Å². The Morgan fingerprint density at radius 3 is 3.17 bits per heavy atom. The van der Waals surface area contributed by atoms with Gasteiger partial charge in [0.2, 0.25) is 0 Å². The second-order valence-corrected chi connectivity index (χ2v) is 4.11. The molecular weight excluding hydrogens is 146 g/mol. The van der Waals surface area contributed by atoms with E-state index in [-0.39, 0.29) is 0 Å². The van der Waals surface area contributed by atoms with Crippen molar-refractivity contribution in [1.29, 1.82) is 0 Å². The fourth-order valence-corrected chi connectivity index (χ4v) is 2.80. The Morgan fingerprint density at radius 1 is 1.58 bits per heavy atom. The highest BCUT2D eigenvalue weighted by molar-refractivity contribution is 5.32. The van der Waals surface area contributed by atoms with Crippen LogP contribution in [0.3, 0.4) is 0 Å². The van der Waals surface area contributed by atoms with E-state index in [9.17, 15) is 0 Å². The highest BCUT2D eigenvalue weighted by Gasteiger charge is 2.57. The lowest BCUT2D eigenvalue weighted by Gasteiger charge is -2.09. The number of aromatic nitrogens is 1. The van der Waals surface area contributed by atoms with Gasteiger partial charge in [-0.05, 0) is 36.8 Å². The van der Waals surface area contributed by atoms with Crippen LogP contribution in [0, 0.1) is 12.1 Å². The summed E-state index contributed by atoms with van der Waals surface area (Å²) in [5.74, 6) is 0.970. The maximum Gasteiger partial charge on any atom is 0.0926 e. The lowest BCUT2D eigenvalue weighted by Crippen LogP contribution is -2.05. The fraction of sp³-hybridized carbons (Fsp3) is 0.545. The molecule has 2 fully saturated rings. The average Bonchev–Trinajstić information content (AvgIpc) is 2.72. The van der Waals surface area contributed by atoms with Crippen LogP contribution in [-0.4, -0.2) is 4.98 Å². The Bertz CT molecular complexity index is 293. The molecule has 1 aromatic heterocycles. The first-order valence-corrected chi connectivity index (χ1v) is 4.75. The zero-order valence-electron chi connectivity index (χ0n) is 7.09. The van der Waals surface area contributed by atoms with Crippen LogP contribution in [0.2, 0.25) is 0 Å². The summed E-state index contributed by atoms with van der Waals surface area (Å²) >= 11 is 0. The average molecular weight is 158 g/mol. The first-order valence-electron chi connectivity index (χ1n) is 4.75. The van der Waals surface area contributed by atoms with Crippen molar-refractivity contribution in [3.63, 3.8) is 0 Å². The van der Waals surface area contributed by atoms with E-state index < -0.39 is 0 Å². The summed E-state index contributed by atoms with van der Waals surface area (Å²) in [5.41, 5.74) is 1.90. The molecule has 0 N–H and O–H groups in total. The zero-order chi connectivity index (χ0) is 8.02. The van der Waals surface area contributed by atoms with Gasteiger partial charge in [0.15, 0.2) is 0 Å². The van der Waals surface area contributed by atoms with Crippen molar-refractivity contribution >= 4 is 0 Å². The SMILES string of the molecule is [c]1ncccc1C12CCCC1C2. The predicted molar refractivity (Wildman–Crippen MR) is 46.7 cm³/mol. The quantitative estimate of drug-likeness (QED) is 0.611. The molecule has 0 spiro atoms. The minimum atomic E-state index is 0.536. The van der Waals surface area contributed by atoms with E-state index in [0.717, 1.165) is 5.92 Å². The Hall–Kier alpha value is -0.850. The summed E-state index contributed by atoms with van der Waals surface area (Å²) in [5, 5.41) is 0. The molecule has 2 aliphatic rings. The van der Waals surface area contributed by atoms with Crippen molar-refractivity contribution in [2.45, 2.75) is 31.1 Å². The molecule has 1 heterocycles. The molecule has 0 saturated heterocycles. The summed E-state index contributed by atoms with van der Waals surface area (Å²) < 4.78 is 0. The summed E-state index contributed by atoms with van der Waals surface area (Å²) in [6.07, 6.45) is 10.6. The maximum absolute atomic E-state index is 4.08. The first-order chi connectivity index (χ1) is 5.92. The standard InChI is InChI=1S/C11H12N/c1-3-9-7-11(9,5-1)10-4-2-6-12-8-10/h2,4,6,9H,1,3,5,7H2. The maximum atomic E-state index is 4.08. The van der Waals surface area contributed by atoms with Crippen LogP contribution >= 0.6 is 0 Å². The highest BCUT2D eigenvalue weighted by Crippen LogP contribution is 2.64. The lowest BCUT2D eigenvalue weighted by atomic mass is 9.95. The molecule has 0 amide bonds. The molecule has 2 aliphatic carbocycles. The molecule has 0 bridgehead atoms. The van der Waals surface area contributed by atoms with Gasteiger partial charge in [-0.2, -0.15) is 0 Å². The predicted octanol–water partition coefficient (Wildman–Crippen LogP) is 2.32. The van der Waals surface area contributed by atoms with E-state index in [2.05, 4.69) is 17.2 Å². The van der Waals surface area contributed by atoms with Crippen molar-refractivity contribution in [3.05, 3.63) is 30.1 Å². The molecule has 0 aliphatic heterocycles. The Labute approximate surface area is 72.8 Å². The van der Waals surface area contributed by atoms with Gasteiger partial charge < -0.3 is 0 Å². The van der Waals surface area contributed by atoms with Crippen molar-refractivity contribution < 1.29 is 0 Å². The monoisotopic (exact) mass is 158 g/mol. The van der Waals surface area contributed by atoms with Crippen molar-refractivity contribution in [1.82, 2.24) is 4.98 Å². The summed E-state index contributed by atoms with van der Waals surface area (Å²) in [7, 11) is 0. The number of rotatable bonds is 1. The number of pyridine rings is 1. The minimum absolute atomic E-state index is 0.536. The molecule has 1 radical (unpaired) electrons. The van der Waals surface area contributed by atoms with Crippen LogP contribution < -0.4 is 0 Å². The molecule has 61 valence electrons. The Morgan fingerprint density at radius 2 is 2.58 bits per heavy atom. The van der Waals surface area contributed by atoms with Gasteiger partial charge in [-0.15, -0.1) is 0 Å². The van der Waals surface area contributed by atoms with Crippen LogP contribution in [0.15, 0.2) is 18.3 Å². The van der Waals surface area contributed by atoms with Gasteiger partial charge >= 0.3 is 0 Å². The van der Waals surface area contributed by atoms with Gasteiger partial charge in [0.05, 0.1) is 6.20 Å².